The van der Waals surface area contributed by atoms with E-state index in [1.54, 1.807) is 0 Å². The highest BCUT2D eigenvalue weighted by molar-refractivity contribution is 5.94. The fourth-order valence-corrected chi connectivity index (χ4v) is 2.17. The monoisotopic (exact) mass is 381 g/mol. The largest absolute Gasteiger partial charge is 0.417 e. The lowest BCUT2D eigenvalue weighted by Crippen LogP contribution is -2.31. The topological polar surface area (TPSA) is 120 Å². The Labute approximate surface area is 151 Å². The van der Waals surface area contributed by atoms with Crippen LogP contribution in [-0.4, -0.2) is 32.8 Å². The Morgan fingerprint density at radius 2 is 2.04 bits per heavy atom. The number of anilines is 2. The number of alkyl halides is 3. The first-order valence-corrected chi connectivity index (χ1v) is 7.50. The Hall–Kier alpha value is -3.39. The number of halogens is 3. The van der Waals surface area contributed by atoms with Crippen molar-refractivity contribution in [2.24, 2.45) is 0 Å². The van der Waals surface area contributed by atoms with Crippen LogP contribution in [0.4, 0.5) is 24.5 Å². The first-order chi connectivity index (χ1) is 12.6. The second kappa shape index (κ2) is 7.88. The van der Waals surface area contributed by atoms with Crippen molar-refractivity contribution in [1.82, 2.24) is 9.78 Å². The van der Waals surface area contributed by atoms with Crippen LogP contribution in [0, 0.1) is 11.3 Å². The van der Waals surface area contributed by atoms with Crippen LogP contribution in [-0.2, 0) is 22.3 Å². The van der Waals surface area contributed by atoms with Crippen molar-refractivity contribution >= 4 is 23.2 Å². The van der Waals surface area contributed by atoms with Gasteiger partial charge in [0.25, 0.3) is 5.91 Å². The number of benzene rings is 1. The molecule has 2 amide bonds. The van der Waals surface area contributed by atoms with E-state index in [2.05, 4.69) is 15.7 Å². The third-order valence-electron chi connectivity index (χ3n) is 3.33. The third-order valence-corrected chi connectivity index (χ3v) is 3.33. The van der Waals surface area contributed by atoms with Crippen molar-refractivity contribution < 1.29 is 27.9 Å². The van der Waals surface area contributed by atoms with Gasteiger partial charge in [0.15, 0.2) is 6.10 Å². The van der Waals surface area contributed by atoms with E-state index in [0.717, 1.165) is 12.1 Å². The average molecular weight is 381 g/mol. The van der Waals surface area contributed by atoms with E-state index >= 15 is 0 Å². The molecule has 142 valence electrons. The maximum atomic E-state index is 12.9. The number of hydrogen-bond donors (Lipinski definition) is 3. The van der Waals surface area contributed by atoms with E-state index in [-0.39, 0.29) is 18.1 Å². The number of aliphatic hydroxyl groups is 1. The average Bonchev–Trinajstić information content (AvgIpc) is 3.00. The van der Waals surface area contributed by atoms with Gasteiger partial charge in [-0.25, -0.2) is 0 Å². The summed E-state index contributed by atoms with van der Waals surface area (Å²) in [4.78, 5) is 22.9. The Bertz CT molecular complexity index is 901. The molecule has 1 aromatic heterocycles. The molecule has 0 aliphatic heterocycles. The maximum absolute atomic E-state index is 12.9. The number of nitrogens with one attached hydrogen (secondary N) is 2. The number of rotatable bonds is 5. The second-order valence-electron chi connectivity index (χ2n) is 5.51. The smallest absolute Gasteiger partial charge is 0.381 e. The lowest BCUT2D eigenvalue weighted by molar-refractivity contribution is -0.137. The third kappa shape index (κ3) is 5.29. The summed E-state index contributed by atoms with van der Waals surface area (Å²) in [5, 5.41) is 27.1. The lowest BCUT2D eigenvalue weighted by atomic mass is 10.1. The molecule has 1 unspecified atom stereocenters. The molecule has 1 aromatic carbocycles. The molecule has 0 saturated carbocycles. The van der Waals surface area contributed by atoms with Gasteiger partial charge >= 0.3 is 6.18 Å². The number of amides is 2. The Morgan fingerprint density at radius 3 is 2.63 bits per heavy atom. The number of hydrogen-bond acceptors (Lipinski definition) is 5. The number of carbonyl (C=O) groups is 2. The highest BCUT2D eigenvalue weighted by atomic mass is 19.4. The lowest BCUT2D eigenvalue weighted by Gasteiger charge is -2.14. The summed E-state index contributed by atoms with van der Waals surface area (Å²) >= 11 is 0. The quantitative estimate of drug-likeness (QED) is 0.729. The van der Waals surface area contributed by atoms with E-state index in [4.69, 9.17) is 5.26 Å². The number of nitriles is 1. The molecule has 0 aliphatic rings. The molecular weight excluding hydrogens is 367 g/mol. The second-order valence-corrected chi connectivity index (χ2v) is 5.51. The summed E-state index contributed by atoms with van der Waals surface area (Å²) < 4.78 is 40.0. The zero-order chi connectivity index (χ0) is 20.2. The van der Waals surface area contributed by atoms with Crippen LogP contribution in [0.15, 0.2) is 30.6 Å². The minimum absolute atomic E-state index is 0.218. The van der Waals surface area contributed by atoms with Crippen molar-refractivity contribution in [3.63, 3.8) is 0 Å². The van der Waals surface area contributed by atoms with Gasteiger partial charge in [-0.15, -0.1) is 0 Å². The Balaban J connectivity index is 2.07. The fourth-order valence-electron chi connectivity index (χ4n) is 2.17. The normalized spacial score (nSPS) is 12.1. The molecular formula is C16H14F3N5O3. The van der Waals surface area contributed by atoms with Gasteiger partial charge in [-0.1, -0.05) is 0 Å². The Kier molecular flexibility index (Phi) is 5.81. The van der Waals surface area contributed by atoms with Gasteiger partial charge in [-0.2, -0.15) is 23.5 Å². The molecule has 11 heteroatoms. The van der Waals surface area contributed by atoms with Crippen LogP contribution in [0.1, 0.15) is 18.1 Å². The van der Waals surface area contributed by atoms with Crippen LogP contribution >= 0.6 is 0 Å². The highest BCUT2D eigenvalue weighted by Gasteiger charge is 2.34. The van der Waals surface area contributed by atoms with E-state index in [0.29, 0.717) is 11.8 Å². The molecule has 0 spiro atoms. The van der Waals surface area contributed by atoms with Gasteiger partial charge < -0.3 is 15.7 Å². The Morgan fingerprint density at radius 1 is 1.33 bits per heavy atom. The molecule has 1 atom stereocenters. The van der Waals surface area contributed by atoms with Crippen LogP contribution in [0.3, 0.4) is 0 Å². The molecule has 8 nitrogen and oxygen atoms in total. The molecule has 1 heterocycles. The van der Waals surface area contributed by atoms with Crippen LogP contribution < -0.4 is 10.6 Å². The van der Waals surface area contributed by atoms with Gasteiger partial charge in [0, 0.05) is 18.8 Å². The van der Waals surface area contributed by atoms with Crippen molar-refractivity contribution in [3.8, 4) is 6.07 Å². The van der Waals surface area contributed by atoms with Crippen LogP contribution in [0.5, 0.6) is 0 Å². The van der Waals surface area contributed by atoms with Gasteiger partial charge in [0.2, 0.25) is 5.91 Å². The van der Waals surface area contributed by atoms with Gasteiger partial charge in [-0.3, -0.25) is 14.3 Å². The summed E-state index contributed by atoms with van der Waals surface area (Å²) in [6.45, 7) is 1.01. The predicted molar refractivity (Wildman–Crippen MR) is 87.3 cm³/mol. The molecule has 3 N–H and O–H groups in total. The zero-order valence-corrected chi connectivity index (χ0v) is 13.9. The molecule has 0 bridgehead atoms. The summed E-state index contributed by atoms with van der Waals surface area (Å²) in [5.74, 6) is -1.28. The first kappa shape index (κ1) is 19.9. The number of aliphatic hydroxyl groups excluding tert-OH is 1. The van der Waals surface area contributed by atoms with E-state index in [1.807, 2.05) is 0 Å². The molecule has 27 heavy (non-hydrogen) atoms. The van der Waals surface area contributed by atoms with Crippen LogP contribution in [0.2, 0.25) is 0 Å². The van der Waals surface area contributed by atoms with E-state index in [1.165, 1.54) is 30.1 Å². The van der Waals surface area contributed by atoms with Crippen molar-refractivity contribution in [2.75, 3.05) is 10.6 Å². The highest BCUT2D eigenvalue weighted by Crippen LogP contribution is 2.33. The fraction of sp³-hybridized carbons (Fsp3) is 0.250. The predicted octanol–water partition coefficient (Wildman–Crippen LogP) is 1.73. The van der Waals surface area contributed by atoms with Gasteiger partial charge in [-0.05, 0) is 18.2 Å². The molecule has 2 rings (SSSR count). The van der Waals surface area contributed by atoms with Crippen LogP contribution in [0.25, 0.3) is 0 Å². The molecule has 0 radical (unpaired) electrons. The number of aromatic nitrogens is 2. The number of nitrogens with zero attached hydrogens (tertiary/aromatic N) is 3. The molecule has 0 aliphatic carbocycles. The van der Waals surface area contributed by atoms with Crippen molar-refractivity contribution in [2.45, 2.75) is 25.7 Å². The summed E-state index contributed by atoms with van der Waals surface area (Å²) in [6.07, 6.45) is -3.69. The van der Waals surface area contributed by atoms with E-state index < -0.39 is 29.3 Å². The van der Waals surface area contributed by atoms with Gasteiger partial charge in [0.05, 0.1) is 35.6 Å². The maximum Gasteiger partial charge on any atom is 0.417 e. The summed E-state index contributed by atoms with van der Waals surface area (Å²) in [6, 6.07) is 4.10. The summed E-state index contributed by atoms with van der Waals surface area (Å²) in [7, 11) is 0. The minimum atomic E-state index is -4.76. The molecule has 0 saturated heterocycles. The standard InChI is InChI=1S/C16H14F3N5O3/c1-9(25)22-12-6-21-24(7-12)8-14(26)15(27)23-11-3-2-10(5-20)13(4-11)16(17,18)19/h2-4,6-7,14,26H,8H2,1H3,(H,22,25)(H,23,27). The molecule has 2 aromatic rings. The van der Waals surface area contributed by atoms with Crippen molar-refractivity contribution in [3.05, 3.63) is 41.7 Å². The summed E-state index contributed by atoms with van der Waals surface area (Å²) in [5.41, 5.74) is -1.63. The minimum Gasteiger partial charge on any atom is -0.381 e. The SMILES string of the molecule is CC(=O)Nc1cnn(CC(O)C(=O)Nc2ccc(C#N)c(C(F)(F)F)c2)c1. The zero-order valence-electron chi connectivity index (χ0n) is 13.9. The van der Waals surface area contributed by atoms with Crippen molar-refractivity contribution in [1.29, 1.82) is 5.26 Å². The molecule has 0 fully saturated rings. The first-order valence-electron chi connectivity index (χ1n) is 7.50. The number of carbonyl (C=O) groups excluding carboxylic acids is 2. The van der Waals surface area contributed by atoms with E-state index in [9.17, 15) is 27.9 Å². The van der Waals surface area contributed by atoms with Gasteiger partial charge in [0.1, 0.15) is 0 Å².